The molecule has 0 fully saturated rings. The zero-order chi connectivity index (χ0) is 6.57. The summed E-state index contributed by atoms with van der Waals surface area (Å²) in [4.78, 5) is 20.0. The van der Waals surface area contributed by atoms with Gasteiger partial charge in [0.25, 0.3) is 0 Å². The molecule has 52 valence electrons. The maximum Gasteiger partial charge on any atom is 0.328 e. The van der Waals surface area contributed by atoms with Crippen LogP contribution in [0.4, 0.5) is 0 Å². The molecule has 0 saturated heterocycles. The van der Waals surface area contributed by atoms with E-state index in [0.29, 0.717) is 0 Å². The number of rotatable bonds is 1. The van der Waals surface area contributed by atoms with E-state index in [-0.39, 0.29) is 26.9 Å². The smallest absolute Gasteiger partial charge is 0.328 e. The van der Waals surface area contributed by atoms with Crippen LogP contribution >= 0.6 is 11.6 Å². The van der Waals surface area contributed by atoms with Crippen molar-refractivity contribution >= 4 is 23.5 Å². The summed E-state index contributed by atoms with van der Waals surface area (Å²) in [6, 6.07) is 0. The van der Waals surface area contributed by atoms with Gasteiger partial charge in [-0.1, -0.05) is 0 Å². The van der Waals surface area contributed by atoms with E-state index in [9.17, 15) is 9.59 Å². The molecule has 0 bridgehead atoms. The van der Waals surface area contributed by atoms with Gasteiger partial charge in [-0.25, -0.2) is 0 Å². The second kappa shape index (κ2) is 6.24. The van der Waals surface area contributed by atoms with Crippen molar-refractivity contribution in [1.82, 2.24) is 0 Å². The van der Waals surface area contributed by atoms with Gasteiger partial charge in [0.2, 0.25) is 0 Å². The van der Waals surface area contributed by atoms with Crippen molar-refractivity contribution in [2.75, 3.05) is 5.88 Å². The van der Waals surface area contributed by atoms with Crippen molar-refractivity contribution in [1.29, 1.82) is 0 Å². The number of halogens is 1. The summed E-state index contributed by atoms with van der Waals surface area (Å²) >= 11 is 4.97. The van der Waals surface area contributed by atoms with E-state index in [1.807, 2.05) is 0 Å². The number of hydrogen-bond donors (Lipinski definition) is 0. The molecule has 0 aliphatic heterocycles. The molecule has 0 radical (unpaired) electrons. The number of alkyl halides is 1. The number of hydrogen-bond acceptors (Lipinski definition) is 3. The first-order valence-corrected chi connectivity index (χ1v) is 2.47. The Hall–Kier alpha value is 0.118. The summed E-state index contributed by atoms with van der Waals surface area (Å²) in [5.41, 5.74) is 0. The Bertz CT molecular complexity index is 114. The molecular formula is C4H5ClMoO3. The molecule has 5 heteroatoms. The second-order valence-electron chi connectivity index (χ2n) is 1.10. The van der Waals surface area contributed by atoms with Crippen LogP contribution in [0.1, 0.15) is 6.92 Å². The monoisotopic (exact) mass is 234 g/mol. The summed E-state index contributed by atoms with van der Waals surface area (Å²) in [5, 5.41) is 0. The van der Waals surface area contributed by atoms with Crippen molar-refractivity contribution in [3.8, 4) is 0 Å². The van der Waals surface area contributed by atoms with Crippen molar-refractivity contribution in [2.24, 2.45) is 0 Å². The predicted octanol–water partition coefficient (Wildman–Crippen LogP) is 0.312. The third-order valence-corrected chi connectivity index (χ3v) is 0.585. The first-order valence-electron chi connectivity index (χ1n) is 1.94. The topological polar surface area (TPSA) is 43.4 Å². The zero-order valence-electron chi connectivity index (χ0n) is 4.72. The van der Waals surface area contributed by atoms with Gasteiger partial charge in [-0.15, -0.1) is 11.6 Å². The molecule has 0 aromatic heterocycles. The van der Waals surface area contributed by atoms with Crippen LogP contribution in [-0.4, -0.2) is 17.8 Å². The van der Waals surface area contributed by atoms with Gasteiger partial charge in [-0.05, 0) is 0 Å². The van der Waals surface area contributed by atoms with Crippen molar-refractivity contribution in [3.05, 3.63) is 0 Å². The Morgan fingerprint density at radius 2 is 2.00 bits per heavy atom. The van der Waals surface area contributed by atoms with Crippen LogP contribution in [0.2, 0.25) is 0 Å². The molecule has 0 unspecified atom stereocenters. The molecule has 0 heterocycles. The van der Waals surface area contributed by atoms with Crippen LogP contribution < -0.4 is 0 Å². The molecule has 0 aromatic carbocycles. The second-order valence-corrected chi connectivity index (χ2v) is 1.37. The third-order valence-electron chi connectivity index (χ3n) is 0.367. The van der Waals surface area contributed by atoms with E-state index >= 15 is 0 Å². The van der Waals surface area contributed by atoms with E-state index in [4.69, 9.17) is 11.6 Å². The SMILES string of the molecule is CC(=O)OC(=O)CCl.[Mo]. The van der Waals surface area contributed by atoms with Gasteiger partial charge in [-0.2, -0.15) is 0 Å². The average molecular weight is 232 g/mol. The first-order chi connectivity index (χ1) is 3.66. The molecule has 0 aromatic rings. The van der Waals surface area contributed by atoms with E-state index in [0.717, 1.165) is 6.92 Å². The molecule has 0 saturated carbocycles. The fourth-order valence-corrected chi connectivity index (χ4v) is 0.242. The molecule has 0 aliphatic rings. The molecule has 0 atom stereocenters. The summed E-state index contributed by atoms with van der Waals surface area (Å²) in [6.07, 6.45) is 0. The van der Waals surface area contributed by atoms with Gasteiger partial charge >= 0.3 is 11.9 Å². The van der Waals surface area contributed by atoms with Crippen LogP contribution in [0.25, 0.3) is 0 Å². The van der Waals surface area contributed by atoms with Gasteiger partial charge < -0.3 is 4.74 Å². The quantitative estimate of drug-likeness (QED) is 0.283. The minimum atomic E-state index is -0.709. The Morgan fingerprint density at radius 3 is 2.11 bits per heavy atom. The minimum absolute atomic E-state index is 0. The Morgan fingerprint density at radius 1 is 1.56 bits per heavy atom. The van der Waals surface area contributed by atoms with E-state index in [2.05, 4.69) is 4.74 Å². The molecular weight excluding hydrogens is 227 g/mol. The summed E-state index contributed by atoms with van der Waals surface area (Å²) in [5.74, 6) is -1.62. The fourth-order valence-electron chi connectivity index (χ4n) is 0.188. The molecule has 0 spiro atoms. The fraction of sp³-hybridized carbons (Fsp3) is 0.500. The predicted molar refractivity (Wildman–Crippen MR) is 27.5 cm³/mol. The van der Waals surface area contributed by atoms with Crippen molar-refractivity contribution < 1.29 is 35.4 Å². The number of esters is 2. The molecule has 3 nitrogen and oxygen atoms in total. The van der Waals surface area contributed by atoms with Crippen LogP contribution in [-0.2, 0) is 35.4 Å². The van der Waals surface area contributed by atoms with Crippen LogP contribution in [0.15, 0.2) is 0 Å². The Labute approximate surface area is 72.0 Å². The third kappa shape index (κ3) is 8.12. The van der Waals surface area contributed by atoms with Crippen LogP contribution in [0.3, 0.4) is 0 Å². The van der Waals surface area contributed by atoms with Crippen molar-refractivity contribution in [2.45, 2.75) is 6.92 Å². The van der Waals surface area contributed by atoms with E-state index in [1.165, 1.54) is 0 Å². The number of carbonyl (C=O) groups is 2. The van der Waals surface area contributed by atoms with E-state index < -0.39 is 11.9 Å². The summed E-state index contributed by atoms with van der Waals surface area (Å²) in [7, 11) is 0. The molecule has 0 amide bonds. The maximum absolute atomic E-state index is 10.0. The summed E-state index contributed by atoms with van der Waals surface area (Å²) in [6.45, 7) is 1.14. The van der Waals surface area contributed by atoms with Gasteiger partial charge in [0.05, 0.1) is 0 Å². The average Bonchev–Trinajstić information content (AvgIpc) is 1.65. The molecule has 0 rings (SSSR count). The molecule has 9 heavy (non-hydrogen) atoms. The first kappa shape index (κ1) is 11.9. The van der Waals surface area contributed by atoms with Crippen LogP contribution in [0.5, 0.6) is 0 Å². The molecule has 0 N–H and O–H groups in total. The molecule has 0 aliphatic carbocycles. The van der Waals surface area contributed by atoms with Crippen LogP contribution in [0, 0.1) is 0 Å². The van der Waals surface area contributed by atoms with Gasteiger partial charge in [0, 0.05) is 28.0 Å². The minimum Gasteiger partial charge on any atom is -0.392 e. The van der Waals surface area contributed by atoms with Gasteiger partial charge in [-0.3, -0.25) is 9.59 Å². The Balaban J connectivity index is 0. The number of ether oxygens (including phenoxy) is 1. The van der Waals surface area contributed by atoms with Gasteiger partial charge in [0.1, 0.15) is 5.88 Å². The summed E-state index contributed by atoms with van der Waals surface area (Å²) < 4.78 is 3.99. The Kier molecular flexibility index (Phi) is 8.23. The van der Waals surface area contributed by atoms with E-state index in [1.54, 1.807) is 0 Å². The number of carbonyl (C=O) groups excluding carboxylic acids is 2. The normalized spacial score (nSPS) is 7.33. The maximum atomic E-state index is 10.0. The standard InChI is InChI=1S/C4H5ClO3.Mo/c1-3(6)8-4(7)2-5;/h2H2,1H3;. The van der Waals surface area contributed by atoms with Gasteiger partial charge in [0.15, 0.2) is 0 Å². The van der Waals surface area contributed by atoms with Crippen molar-refractivity contribution in [3.63, 3.8) is 0 Å². The largest absolute Gasteiger partial charge is 0.392 e. The zero-order valence-corrected chi connectivity index (χ0v) is 7.48.